The predicted octanol–water partition coefficient (Wildman–Crippen LogP) is 7.32. The van der Waals surface area contributed by atoms with Gasteiger partial charge in [-0.3, -0.25) is 9.59 Å². The number of hydrogen-bond donors (Lipinski definition) is 2. The summed E-state index contributed by atoms with van der Waals surface area (Å²) in [6.45, 7) is 2.17. The van der Waals surface area contributed by atoms with Gasteiger partial charge in [-0.05, 0) is 72.1 Å². The van der Waals surface area contributed by atoms with Crippen molar-refractivity contribution in [3.8, 4) is 22.4 Å². The number of benzene rings is 4. The fourth-order valence-electron chi connectivity index (χ4n) is 4.34. The molecular formula is C33H25F3N4O2. The van der Waals surface area contributed by atoms with E-state index in [-0.39, 0.29) is 11.5 Å². The molecule has 0 bridgehead atoms. The van der Waals surface area contributed by atoms with Crippen LogP contribution in [0.4, 0.5) is 18.9 Å². The Kier molecular flexibility index (Phi) is 8.10. The highest BCUT2D eigenvalue weighted by atomic mass is 19.4. The largest absolute Gasteiger partial charge is 0.416 e. The van der Waals surface area contributed by atoms with Crippen LogP contribution in [0.5, 0.6) is 0 Å². The van der Waals surface area contributed by atoms with E-state index in [0.717, 1.165) is 34.6 Å². The molecule has 0 atom stereocenters. The van der Waals surface area contributed by atoms with Gasteiger partial charge in [-0.25, -0.2) is 0 Å². The van der Waals surface area contributed by atoms with Gasteiger partial charge in [0.2, 0.25) is 0 Å². The van der Waals surface area contributed by atoms with E-state index in [1.54, 1.807) is 48.5 Å². The minimum absolute atomic E-state index is 0.284. The van der Waals surface area contributed by atoms with Gasteiger partial charge >= 0.3 is 6.18 Å². The lowest BCUT2D eigenvalue weighted by Gasteiger charge is -2.13. The van der Waals surface area contributed by atoms with Crippen molar-refractivity contribution in [2.45, 2.75) is 19.6 Å². The van der Waals surface area contributed by atoms with Crippen molar-refractivity contribution < 1.29 is 22.8 Å². The van der Waals surface area contributed by atoms with Crippen LogP contribution in [0.3, 0.4) is 0 Å². The van der Waals surface area contributed by atoms with E-state index in [0.29, 0.717) is 28.9 Å². The van der Waals surface area contributed by atoms with Gasteiger partial charge in [0.15, 0.2) is 0 Å². The van der Waals surface area contributed by atoms with Crippen LogP contribution >= 0.6 is 0 Å². The Morgan fingerprint density at radius 1 is 0.738 bits per heavy atom. The van der Waals surface area contributed by atoms with E-state index < -0.39 is 17.6 Å². The summed E-state index contributed by atoms with van der Waals surface area (Å²) >= 11 is 0. The smallest absolute Gasteiger partial charge is 0.348 e. The van der Waals surface area contributed by atoms with Gasteiger partial charge < -0.3 is 10.6 Å². The summed E-state index contributed by atoms with van der Waals surface area (Å²) in [6, 6.07) is 29.2. The lowest BCUT2D eigenvalue weighted by atomic mass is 9.98. The van der Waals surface area contributed by atoms with Crippen molar-refractivity contribution >= 4 is 17.5 Å². The molecular weight excluding hydrogens is 541 g/mol. The monoisotopic (exact) mass is 566 g/mol. The molecule has 1 heterocycles. The SMILES string of the molecule is Cc1ccc(-c2ccc(CNC(=O)c3cccc(NC(=O)c4ccccc4-c4ccc(C(F)(F)F)cc4)c3)cc2)nn1. The number of hydrogen-bond acceptors (Lipinski definition) is 4. The molecule has 2 N–H and O–H groups in total. The van der Waals surface area contributed by atoms with Crippen LogP contribution in [0, 0.1) is 6.92 Å². The van der Waals surface area contributed by atoms with Crippen LogP contribution in [0.2, 0.25) is 0 Å². The molecule has 0 saturated heterocycles. The molecule has 5 aromatic rings. The Morgan fingerprint density at radius 3 is 2.14 bits per heavy atom. The summed E-state index contributed by atoms with van der Waals surface area (Å²) in [5.74, 6) is -0.772. The van der Waals surface area contributed by atoms with E-state index in [1.165, 1.54) is 12.1 Å². The average molecular weight is 567 g/mol. The number of carbonyl (C=O) groups is 2. The number of aromatic nitrogens is 2. The van der Waals surface area contributed by atoms with Crippen LogP contribution in [0.25, 0.3) is 22.4 Å². The highest BCUT2D eigenvalue weighted by Crippen LogP contribution is 2.32. The van der Waals surface area contributed by atoms with E-state index >= 15 is 0 Å². The number of rotatable bonds is 7. The molecule has 6 nitrogen and oxygen atoms in total. The minimum atomic E-state index is -4.45. The number of aryl methyl sites for hydroxylation is 1. The molecule has 0 saturated carbocycles. The molecule has 9 heteroatoms. The zero-order chi connectivity index (χ0) is 29.7. The van der Waals surface area contributed by atoms with Crippen LogP contribution < -0.4 is 10.6 Å². The zero-order valence-electron chi connectivity index (χ0n) is 22.4. The summed E-state index contributed by atoms with van der Waals surface area (Å²) in [5, 5.41) is 13.9. The lowest BCUT2D eigenvalue weighted by molar-refractivity contribution is -0.137. The molecule has 2 amide bonds. The van der Waals surface area contributed by atoms with Gasteiger partial charge in [0.25, 0.3) is 11.8 Å². The molecule has 0 aliphatic rings. The maximum Gasteiger partial charge on any atom is 0.416 e. The Hall–Kier alpha value is -5.31. The summed E-state index contributed by atoms with van der Waals surface area (Å²) in [6.07, 6.45) is -4.45. The van der Waals surface area contributed by atoms with Crippen molar-refractivity contribution in [2.75, 3.05) is 5.32 Å². The maximum atomic E-state index is 13.2. The topological polar surface area (TPSA) is 84.0 Å². The minimum Gasteiger partial charge on any atom is -0.348 e. The number of carbonyl (C=O) groups excluding carboxylic acids is 2. The lowest BCUT2D eigenvalue weighted by Crippen LogP contribution is -2.23. The third-order valence-corrected chi connectivity index (χ3v) is 6.58. The van der Waals surface area contributed by atoms with Gasteiger partial charge in [0, 0.05) is 28.9 Å². The van der Waals surface area contributed by atoms with Crippen molar-refractivity contribution in [1.29, 1.82) is 0 Å². The molecule has 4 aromatic carbocycles. The first kappa shape index (κ1) is 28.2. The van der Waals surface area contributed by atoms with Crippen LogP contribution in [-0.2, 0) is 12.7 Å². The Bertz CT molecular complexity index is 1720. The molecule has 1 aromatic heterocycles. The molecule has 0 fully saturated rings. The van der Waals surface area contributed by atoms with E-state index in [2.05, 4.69) is 20.8 Å². The molecule has 0 radical (unpaired) electrons. The van der Waals surface area contributed by atoms with E-state index in [4.69, 9.17) is 0 Å². The van der Waals surface area contributed by atoms with Gasteiger partial charge in [-0.2, -0.15) is 23.4 Å². The molecule has 0 unspecified atom stereocenters. The van der Waals surface area contributed by atoms with Gasteiger partial charge in [-0.1, -0.05) is 60.7 Å². The van der Waals surface area contributed by atoms with E-state index in [9.17, 15) is 22.8 Å². The van der Waals surface area contributed by atoms with Crippen molar-refractivity contribution in [2.24, 2.45) is 0 Å². The first-order valence-electron chi connectivity index (χ1n) is 13.0. The normalized spacial score (nSPS) is 11.1. The third-order valence-electron chi connectivity index (χ3n) is 6.58. The van der Waals surface area contributed by atoms with Crippen LogP contribution in [0.1, 0.15) is 37.5 Å². The van der Waals surface area contributed by atoms with Gasteiger partial charge in [0.1, 0.15) is 0 Å². The van der Waals surface area contributed by atoms with Crippen LogP contribution in [-0.4, -0.2) is 22.0 Å². The summed E-state index contributed by atoms with van der Waals surface area (Å²) < 4.78 is 38.9. The predicted molar refractivity (Wildman–Crippen MR) is 155 cm³/mol. The van der Waals surface area contributed by atoms with Crippen molar-refractivity contribution in [3.05, 3.63) is 137 Å². The number of nitrogens with zero attached hydrogens (tertiary/aromatic N) is 2. The first-order chi connectivity index (χ1) is 20.2. The number of amides is 2. The zero-order valence-corrected chi connectivity index (χ0v) is 22.4. The first-order valence-corrected chi connectivity index (χ1v) is 13.0. The second-order valence-corrected chi connectivity index (χ2v) is 9.60. The molecule has 42 heavy (non-hydrogen) atoms. The molecule has 0 spiro atoms. The van der Waals surface area contributed by atoms with Crippen LogP contribution in [0.15, 0.2) is 109 Å². The maximum absolute atomic E-state index is 13.2. The van der Waals surface area contributed by atoms with Crippen molar-refractivity contribution in [3.63, 3.8) is 0 Å². The summed E-state index contributed by atoms with van der Waals surface area (Å²) in [7, 11) is 0. The number of anilines is 1. The van der Waals surface area contributed by atoms with E-state index in [1.807, 2.05) is 43.3 Å². The molecule has 0 aliphatic heterocycles. The molecule has 210 valence electrons. The summed E-state index contributed by atoms with van der Waals surface area (Å²) in [4.78, 5) is 26.0. The molecule has 0 aliphatic carbocycles. The highest BCUT2D eigenvalue weighted by molar-refractivity contribution is 6.09. The number of alkyl halides is 3. The second-order valence-electron chi connectivity index (χ2n) is 9.60. The quantitative estimate of drug-likeness (QED) is 0.216. The summed E-state index contributed by atoms with van der Waals surface area (Å²) in [5.41, 5.74) is 4.65. The van der Waals surface area contributed by atoms with Crippen molar-refractivity contribution in [1.82, 2.24) is 15.5 Å². The second kappa shape index (κ2) is 12.1. The highest BCUT2D eigenvalue weighted by Gasteiger charge is 2.30. The Morgan fingerprint density at radius 2 is 1.45 bits per heavy atom. The standard InChI is InChI=1S/C33H25F3N4O2/c1-21-9-18-30(40-39-21)24-12-10-22(11-13-24)20-37-31(41)25-5-4-6-27(19-25)38-32(42)29-8-3-2-7-28(29)23-14-16-26(17-15-23)33(34,35)36/h2-19H,20H2,1H3,(H,37,41)(H,38,42). The Balaban J connectivity index is 1.24. The van der Waals surface area contributed by atoms with Gasteiger partial charge in [-0.15, -0.1) is 0 Å². The number of nitrogens with one attached hydrogen (secondary N) is 2. The van der Waals surface area contributed by atoms with Gasteiger partial charge in [0.05, 0.1) is 17.0 Å². The molecule has 5 rings (SSSR count). The average Bonchev–Trinajstić information content (AvgIpc) is 3.00. The Labute approximate surface area is 240 Å². The fraction of sp³-hybridized carbons (Fsp3) is 0.0909. The number of halogens is 3. The fourth-order valence-corrected chi connectivity index (χ4v) is 4.34. The third kappa shape index (κ3) is 6.69.